The molecule has 0 spiro atoms. The molecule has 9 nitrogen and oxygen atoms in total. The minimum absolute atomic E-state index is 0.0414. The first-order chi connectivity index (χ1) is 9.22. The maximum Gasteiger partial charge on any atom is 0.326 e. The molecule has 6 N–H and O–H groups in total. The Kier molecular flexibility index (Phi) is 4.68. The van der Waals surface area contributed by atoms with E-state index in [9.17, 15) is 14.4 Å². The normalized spacial score (nSPS) is 12.5. The zero-order valence-corrected chi connectivity index (χ0v) is 11.1. The molecule has 0 aliphatic heterocycles. The fraction of sp³-hybridized carbons (Fsp3) is 0.455. The van der Waals surface area contributed by atoms with E-state index in [1.165, 1.54) is 26.4 Å². The molecule has 0 radical (unpaired) electrons. The first-order valence-corrected chi connectivity index (χ1v) is 5.81. The average molecular weight is 283 g/mol. The number of H-pyrrole nitrogens is 1. The quantitative estimate of drug-likeness (QED) is 0.452. The molecule has 1 aromatic heterocycles. The molecule has 9 heteroatoms. The number of nitrogens with zero attached hydrogens (tertiary/aromatic N) is 1. The summed E-state index contributed by atoms with van der Waals surface area (Å²) in [6, 6.07) is -1.94. The summed E-state index contributed by atoms with van der Waals surface area (Å²) < 4.78 is 0. The van der Waals surface area contributed by atoms with Gasteiger partial charge in [-0.15, -0.1) is 0 Å². The molecule has 1 aromatic rings. The maximum atomic E-state index is 11.7. The molecule has 0 saturated carbocycles. The van der Waals surface area contributed by atoms with Crippen LogP contribution in [0, 0.1) is 0 Å². The van der Waals surface area contributed by atoms with Crippen molar-refractivity contribution >= 4 is 17.9 Å². The van der Waals surface area contributed by atoms with E-state index in [1.54, 1.807) is 0 Å². The number of carbonyl (C=O) groups is 3. The average Bonchev–Trinajstić information content (AvgIpc) is 2.79. The molecule has 1 heterocycles. The fourth-order valence-electron chi connectivity index (χ4n) is 1.36. The van der Waals surface area contributed by atoms with Crippen LogP contribution in [0.2, 0.25) is 0 Å². The van der Waals surface area contributed by atoms with Gasteiger partial charge in [-0.2, -0.15) is 0 Å². The lowest BCUT2D eigenvalue weighted by atomic mass is 10.1. The molecule has 1 atom stereocenters. The Bertz CT molecular complexity index is 497. The number of urea groups is 1. The van der Waals surface area contributed by atoms with E-state index in [-0.39, 0.29) is 6.42 Å². The van der Waals surface area contributed by atoms with Crippen LogP contribution in [0.1, 0.15) is 19.5 Å². The monoisotopic (exact) mass is 283 g/mol. The van der Waals surface area contributed by atoms with E-state index in [0.29, 0.717) is 5.69 Å². The van der Waals surface area contributed by atoms with Gasteiger partial charge in [-0.25, -0.2) is 14.6 Å². The van der Waals surface area contributed by atoms with Crippen molar-refractivity contribution in [2.75, 3.05) is 0 Å². The van der Waals surface area contributed by atoms with Gasteiger partial charge < -0.3 is 26.5 Å². The van der Waals surface area contributed by atoms with Crippen LogP contribution < -0.4 is 16.4 Å². The van der Waals surface area contributed by atoms with Gasteiger partial charge in [0.1, 0.15) is 11.6 Å². The molecule has 0 aliphatic carbocycles. The highest BCUT2D eigenvalue weighted by molar-refractivity contribution is 5.90. The first-order valence-electron chi connectivity index (χ1n) is 5.81. The third-order valence-electron chi connectivity index (χ3n) is 2.62. The lowest BCUT2D eigenvalue weighted by Gasteiger charge is -2.23. The lowest BCUT2D eigenvalue weighted by molar-refractivity contribution is -0.139. The van der Waals surface area contributed by atoms with Crippen molar-refractivity contribution < 1.29 is 19.5 Å². The van der Waals surface area contributed by atoms with Gasteiger partial charge in [0.25, 0.3) is 0 Å². The molecule has 0 aliphatic rings. The molecule has 0 aromatic carbocycles. The lowest BCUT2D eigenvalue weighted by Crippen LogP contribution is -2.58. The number of imidazole rings is 1. The highest BCUT2D eigenvalue weighted by Gasteiger charge is 2.29. The topological polar surface area (TPSA) is 150 Å². The Labute approximate surface area is 114 Å². The second-order valence-electron chi connectivity index (χ2n) is 4.76. The van der Waals surface area contributed by atoms with Crippen molar-refractivity contribution in [1.82, 2.24) is 20.6 Å². The summed E-state index contributed by atoms with van der Waals surface area (Å²) >= 11 is 0. The van der Waals surface area contributed by atoms with Crippen LogP contribution in [-0.2, 0) is 16.0 Å². The number of primary amides is 1. The van der Waals surface area contributed by atoms with Crippen LogP contribution in [0.5, 0.6) is 0 Å². The molecule has 0 fully saturated rings. The number of rotatable bonds is 6. The molecule has 110 valence electrons. The van der Waals surface area contributed by atoms with Crippen molar-refractivity contribution in [3.05, 3.63) is 18.2 Å². The molecule has 3 amide bonds. The van der Waals surface area contributed by atoms with Crippen LogP contribution in [0.3, 0.4) is 0 Å². The molecule has 20 heavy (non-hydrogen) atoms. The summed E-state index contributed by atoms with van der Waals surface area (Å²) in [5.41, 5.74) is 4.39. The summed E-state index contributed by atoms with van der Waals surface area (Å²) in [6.07, 6.45) is 2.91. The van der Waals surface area contributed by atoms with E-state index >= 15 is 0 Å². The third kappa shape index (κ3) is 4.26. The highest BCUT2D eigenvalue weighted by Crippen LogP contribution is 2.02. The number of hydrogen-bond donors (Lipinski definition) is 5. The number of aliphatic carboxylic acids is 1. The van der Waals surface area contributed by atoms with Crippen LogP contribution >= 0.6 is 0 Å². The van der Waals surface area contributed by atoms with Crippen molar-refractivity contribution in [2.24, 2.45) is 5.73 Å². The Morgan fingerprint density at radius 2 is 2.15 bits per heavy atom. The molecule has 0 saturated heterocycles. The van der Waals surface area contributed by atoms with Crippen LogP contribution in [0.15, 0.2) is 12.5 Å². The summed E-state index contributed by atoms with van der Waals surface area (Å²) in [4.78, 5) is 40.4. The van der Waals surface area contributed by atoms with E-state index < -0.39 is 29.5 Å². The van der Waals surface area contributed by atoms with E-state index in [0.717, 1.165) is 0 Å². The van der Waals surface area contributed by atoms with Crippen molar-refractivity contribution in [3.8, 4) is 0 Å². The number of aromatic nitrogens is 2. The van der Waals surface area contributed by atoms with Crippen LogP contribution in [0.25, 0.3) is 0 Å². The molecule has 1 rings (SSSR count). The standard InChI is InChI=1S/C11H17N5O4/c1-11(2,9(12)19)16-10(20)15-7(8(17)18)3-6-4-13-5-14-6/h4-5,7H,3H2,1-2H3,(H2,12,19)(H,13,14)(H,17,18)(H2,15,16,20)/t7-/m1/s1. The predicted octanol–water partition coefficient (Wildman–Crippen LogP) is -1.03. The Morgan fingerprint density at radius 3 is 2.60 bits per heavy atom. The van der Waals surface area contributed by atoms with Gasteiger partial charge in [0.05, 0.1) is 6.33 Å². The van der Waals surface area contributed by atoms with Gasteiger partial charge in [0.2, 0.25) is 5.91 Å². The molecular weight excluding hydrogens is 266 g/mol. The summed E-state index contributed by atoms with van der Waals surface area (Å²) in [5, 5.41) is 13.6. The minimum atomic E-state index is -1.28. The smallest absolute Gasteiger partial charge is 0.326 e. The van der Waals surface area contributed by atoms with Gasteiger partial charge in [-0.1, -0.05) is 0 Å². The zero-order valence-electron chi connectivity index (χ0n) is 11.1. The number of carboxylic acids is 1. The zero-order chi connectivity index (χ0) is 15.3. The number of carboxylic acid groups (broad SMARTS) is 1. The number of aromatic amines is 1. The fourth-order valence-corrected chi connectivity index (χ4v) is 1.36. The van der Waals surface area contributed by atoms with Crippen LogP contribution in [-0.4, -0.2) is 44.6 Å². The first kappa shape index (κ1) is 15.5. The number of amides is 3. The summed E-state index contributed by atoms with van der Waals surface area (Å²) in [5.74, 6) is -1.93. The maximum absolute atomic E-state index is 11.7. The second kappa shape index (κ2) is 6.04. The van der Waals surface area contributed by atoms with Crippen molar-refractivity contribution in [1.29, 1.82) is 0 Å². The number of nitrogens with two attached hydrogens (primary N) is 1. The van der Waals surface area contributed by atoms with Crippen LogP contribution in [0.4, 0.5) is 4.79 Å². The largest absolute Gasteiger partial charge is 0.480 e. The van der Waals surface area contributed by atoms with Gasteiger partial charge in [-0.05, 0) is 13.8 Å². The second-order valence-corrected chi connectivity index (χ2v) is 4.76. The van der Waals surface area contributed by atoms with Gasteiger partial charge in [0, 0.05) is 18.3 Å². The minimum Gasteiger partial charge on any atom is -0.480 e. The Morgan fingerprint density at radius 1 is 1.50 bits per heavy atom. The van der Waals surface area contributed by atoms with E-state index in [1.807, 2.05) is 0 Å². The summed E-state index contributed by atoms with van der Waals surface area (Å²) in [7, 11) is 0. The number of nitrogens with one attached hydrogen (secondary N) is 3. The molecule has 0 bridgehead atoms. The van der Waals surface area contributed by atoms with Crippen molar-refractivity contribution in [2.45, 2.75) is 31.8 Å². The van der Waals surface area contributed by atoms with Gasteiger partial charge in [0.15, 0.2) is 0 Å². The highest BCUT2D eigenvalue weighted by atomic mass is 16.4. The number of carbonyl (C=O) groups excluding carboxylic acids is 2. The van der Waals surface area contributed by atoms with E-state index in [2.05, 4.69) is 20.6 Å². The SMILES string of the molecule is CC(C)(NC(=O)N[C@H](Cc1cnc[nH]1)C(=O)O)C(N)=O. The van der Waals surface area contributed by atoms with E-state index in [4.69, 9.17) is 10.8 Å². The third-order valence-corrected chi connectivity index (χ3v) is 2.62. The molecule has 0 unspecified atom stereocenters. The Hall–Kier alpha value is -2.58. The van der Waals surface area contributed by atoms with Gasteiger partial charge >= 0.3 is 12.0 Å². The predicted molar refractivity (Wildman–Crippen MR) is 68.7 cm³/mol. The Balaban J connectivity index is 2.64. The summed E-state index contributed by atoms with van der Waals surface area (Å²) in [6.45, 7) is 2.83. The van der Waals surface area contributed by atoms with Crippen molar-refractivity contribution in [3.63, 3.8) is 0 Å². The number of hydrogen-bond acceptors (Lipinski definition) is 4. The molecular formula is C11H17N5O4. The van der Waals surface area contributed by atoms with Gasteiger partial charge in [-0.3, -0.25) is 4.79 Å².